The summed E-state index contributed by atoms with van der Waals surface area (Å²) in [5.41, 5.74) is 8.25. The van der Waals surface area contributed by atoms with Crippen LogP contribution in [0.15, 0.2) is 24.3 Å². The number of alkyl halides is 3. The van der Waals surface area contributed by atoms with Crippen molar-refractivity contribution in [2.24, 2.45) is 11.8 Å². The molecule has 2 amide bonds. The Morgan fingerprint density at radius 3 is 2.32 bits per heavy atom. The number of benzene rings is 1. The Labute approximate surface area is 189 Å². The van der Waals surface area contributed by atoms with Crippen LogP contribution < -0.4 is 10.6 Å². The molecule has 1 aromatic rings. The number of ketones is 1. The van der Waals surface area contributed by atoms with Gasteiger partial charge in [0, 0.05) is 24.1 Å². The highest BCUT2D eigenvalue weighted by Crippen LogP contribution is 2.27. The minimum atomic E-state index is -5.17. The monoisotopic (exact) mass is 485 g/mol. The Morgan fingerprint density at radius 2 is 1.85 bits per heavy atom. The summed E-state index contributed by atoms with van der Waals surface area (Å²) < 4.78 is 42.3. The third kappa shape index (κ3) is 5.81. The molecule has 0 saturated carbocycles. The van der Waals surface area contributed by atoms with Crippen molar-refractivity contribution in [1.29, 1.82) is 0 Å². The smallest absolute Gasteiger partial charge is 0.452 e. The van der Waals surface area contributed by atoms with E-state index in [0.717, 1.165) is 19.1 Å². The first kappa shape index (κ1) is 26.1. The van der Waals surface area contributed by atoms with E-state index in [9.17, 15) is 42.5 Å². The number of β-lactam (4-membered cyclic amide) rings is 1. The molecule has 2 rings (SSSR count). The van der Waals surface area contributed by atoms with Crippen LogP contribution in [0.3, 0.4) is 0 Å². The largest absolute Gasteiger partial charge is 0.471 e. The fraction of sp³-hybridized carbons (Fsp3) is 0.421. The molecule has 0 aliphatic carbocycles. The first-order valence-electron chi connectivity index (χ1n) is 9.62. The Kier molecular flexibility index (Phi) is 7.84. The molecule has 1 saturated heterocycles. The molecule has 34 heavy (non-hydrogen) atoms. The van der Waals surface area contributed by atoms with Crippen molar-refractivity contribution in [3.63, 3.8) is 0 Å². The van der Waals surface area contributed by atoms with Gasteiger partial charge in [-0.05, 0) is 24.6 Å². The lowest BCUT2D eigenvalue weighted by Gasteiger charge is -2.42. The number of non-ortho nitro benzene ring substituents is 1. The van der Waals surface area contributed by atoms with Crippen LogP contribution in [0.1, 0.15) is 19.4 Å². The number of hydrogen-bond acceptors (Lipinski definition) is 7. The molecule has 4 atom stereocenters. The quantitative estimate of drug-likeness (QED) is 0.0754. The lowest BCUT2D eigenvalue weighted by Crippen LogP contribution is -2.68. The number of nitrogens with one attached hydrogen (secondary N) is 2. The molecule has 0 spiro atoms. The van der Waals surface area contributed by atoms with Gasteiger partial charge < -0.3 is 20.9 Å². The van der Waals surface area contributed by atoms with E-state index in [-0.39, 0.29) is 5.69 Å². The van der Waals surface area contributed by atoms with Gasteiger partial charge in [0.2, 0.25) is 5.91 Å². The summed E-state index contributed by atoms with van der Waals surface area (Å²) in [6.07, 6.45) is -5.17. The van der Waals surface area contributed by atoms with Crippen molar-refractivity contribution in [2.75, 3.05) is 0 Å². The van der Waals surface area contributed by atoms with Crippen molar-refractivity contribution >= 4 is 35.0 Å². The number of hydrogen-bond donors (Lipinski definition) is 2. The molecule has 182 valence electrons. The minimum absolute atomic E-state index is 0.200. The predicted octanol–water partition coefficient (Wildman–Crippen LogP) is 0.696. The normalized spacial score (nSPS) is 18.9. The Morgan fingerprint density at radius 1 is 1.26 bits per heavy atom. The molecule has 12 nitrogen and oxygen atoms in total. The molecule has 0 radical (unpaired) electrons. The van der Waals surface area contributed by atoms with Crippen molar-refractivity contribution in [1.82, 2.24) is 10.6 Å². The average molecular weight is 485 g/mol. The highest BCUT2D eigenvalue weighted by atomic mass is 19.4. The standard InChI is InChI=1S/C19H18F3N5O7/c1-8(13-12(16(29)25-13)9(2)24-18(31)19(20,21)22)15(28)14(26-23)17(30)34-7-10-3-5-11(6-4-10)27(32)33/h3-6,8-9,12-13H,7H2,1-2H3,(H,24,31)(H,25,29)/t8-,9-,12?,13?/m1/s1. The van der Waals surface area contributed by atoms with Gasteiger partial charge in [0.1, 0.15) is 6.61 Å². The molecule has 2 unspecified atom stereocenters. The topological polar surface area (TPSA) is 181 Å². The summed E-state index contributed by atoms with van der Waals surface area (Å²) in [6.45, 7) is 1.98. The SMILES string of the molecule is C[C@@H](NC(=O)C(F)(F)F)C1C(=O)NC1[C@@H](C)C(=O)C(=[N+]=[N-])C(=O)OCc1ccc([N+](=O)[O-])cc1. The first-order chi connectivity index (χ1) is 15.8. The van der Waals surface area contributed by atoms with Gasteiger partial charge in [-0.2, -0.15) is 18.0 Å². The van der Waals surface area contributed by atoms with E-state index < -0.39 is 70.9 Å². The number of Topliss-reactive ketones (excluding diaryl/α,β-unsaturated/α-hetero) is 1. The summed E-state index contributed by atoms with van der Waals surface area (Å²) in [4.78, 5) is 60.5. The van der Waals surface area contributed by atoms with Crippen molar-refractivity contribution < 1.29 is 46.8 Å². The van der Waals surface area contributed by atoms with E-state index in [2.05, 4.69) is 10.1 Å². The maximum atomic E-state index is 12.7. The van der Waals surface area contributed by atoms with Gasteiger partial charge in [-0.3, -0.25) is 24.5 Å². The molecule has 1 heterocycles. The minimum Gasteiger partial charge on any atom is -0.452 e. The fourth-order valence-electron chi connectivity index (χ4n) is 3.27. The fourth-order valence-corrected chi connectivity index (χ4v) is 3.27. The Bertz CT molecular complexity index is 1070. The van der Waals surface area contributed by atoms with Gasteiger partial charge in [-0.15, -0.1) is 0 Å². The second kappa shape index (κ2) is 10.2. The number of amides is 2. The summed E-state index contributed by atoms with van der Waals surface area (Å²) in [5, 5.41) is 14.6. The number of carbonyl (C=O) groups excluding carboxylic acids is 4. The molecule has 15 heteroatoms. The van der Waals surface area contributed by atoms with E-state index in [1.54, 1.807) is 5.32 Å². The van der Waals surface area contributed by atoms with Crippen LogP contribution in [0.2, 0.25) is 0 Å². The van der Waals surface area contributed by atoms with Crippen LogP contribution in [0.5, 0.6) is 0 Å². The van der Waals surface area contributed by atoms with Gasteiger partial charge in [0.15, 0.2) is 0 Å². The maximum Gasteiger partial charge on any atom is 0.471 e. The van der Waals surface area contributed by atoms with Crippen molar-refractivity contribution in [3.05, 3.63) is 45.5 Å². The number of nitro benzene ring substituents is 1. The van der Waals surface area contributed by atoms with Crippen molar-refractivity contribution in [3.8, 4) is 0 Å². The van der Waals surface area contributed by atoms with Crippen molar-refractivity contribution in [2.45, 2.75) is 38.7 Å². The molecule has 1 aliphatic rings. The Balaban J connectivity index is 2.03. The second-order valence-electron chi connectivity index (χ2n) is 7.42. The third-order valence-electron chi connectivity index (χ3n) is 5.15. The van der Waals surface area contributed by atoms with E-state index >= 15 is 0 Å². The highest BCUT2D eigenvalue weighted by Gasteiger charge is 2.52. The number of nitro groups is 1. The summed E-state index contributed by atoms with van der Waals surface area (Å²) in [5.74, 6) is -7.83. The van der Waals surface area contributed by atoms with Gasteiger partial charge in [0.05, 0.1) is 16.9 Å². The molecule has 1 aliphatic heterocycles. The third-order valence-corrected chi connectivity index (χ3v) is 5.15. The molecule has 1 aromatic carbocycles. The maximum absolute atomic E-state index is 12.7. The lowest BCUT2D eigenvalue weighted by atomic mass is 9.75. The molecular weight excluding hydrogens is 467 g/mol. The predicted molar refractivity (Wildman–Crippen MR) is 105 cm³/mol. The van der Waals surface area contributed by atoms with E-state index in [1.165, 1.54) is 19.1 Å². The molecule has 0 bridgehead atoms. The van der Waals surface area contributed by atoms with Crippen LogP contribution in [0, 0.1) is 22.0 Å². The van der Waals surface area contributed by atoms with Gasteiger partial charge >= 0.3 is 23.8 Å². The summed E-state index contributed by atoms with van der Waals surface area (Å²) >= 11 is 0. The van der Waals surface area contributed by atoms with Gasteiger partial charge in [0.25, 0.3) is 11.5 Å². The number of nitrogens with zero attached hydrogens (tertiary/aromatic N) is 3. The van der Waals surface area contributed by atoms with Crippen LogP contribution in [0.4, 0.5) is 18.9 Å². The molecule has 0 aromatic heterocycles. The number of ether oxygens (including phenoxy) is 1. The Hall–Kier alpha value is -4.13. The highest BCUT2D eigenvalue weighted by molar-refractivity contribution is 6.62. The zero-order valence-corrected chi connectivity index (χ0v) is 17.7. The van der Waals surface area contributed by atoms with E-state index in [4.69, 9.17) is 10.3 Å². The molecule has 2 N–H and O–H groups in total. The van der Waals surface area contributed by atoms with Crippen LogP contribution >= 0.6 is 0 Å². The zero-order chi connectivity index (χ0) is 25.8. The number of rotatable bonds is 9. The van der Waals surface area contributed by atoms with Crippen LogP contribution in [0.25, 0.3) is 5.53 Å². The number of halogens is 3. The summed E-state index contributed by atoms with van der Waals surface area (Å²) in [6, 6.07) is 2.56. The molecule has 1 fully saturated rings. The van der Waals surface area contributed by atoms with Crippen LogP contribution in [-0.2, 0) is 30.5 Å². The lowest BCUT2D eigenvalue weighted by molar-refractivity contribution is -0.384. The van der Waals surface area contributed by atoms with Gasteiger partial charge in [-0.25, -0.2) is 4.79 Å². The zero-order valence-electron chi connectivity index (χ0n) is 17.7. The summed E-state index contributed by atoms with van der Waals surface area (Å²) in [7, 11) is 0. The molecular formula is C19H18F3N5O7. The second-order valence-corrected chi connectivity index (χ2v) is 7.42. The average Bonchev–Trinajstić information content (AvgIpc) is 2.75. The first-order valence-corrected chi connectivity index (χ1v) is 9.62. The van der Waals surface area contributed by atoms with Gasteiger partial charge in [-0.1, -0.05) is 6.92 Å². The van der Waals surface area contributed by atoms with Crippen LogP contribution in [-0.4, -0.2) is 57.3 Å². The number of esters is 1. The van der Waals surface area contributed by atoms with E-state index in [1.807, 2.05) is 0 Å². The number of carbonyl (C=O) groups is 4. The van der Waals surface area contributed by atoms with E-state index in [0.29, 0.717) is 5.56 Å².